The number of aliphatic hydroxyl groups excluding tert-OH is 1. The summed E-state index contributed by atoms with van der Waals surface area (Å²) in [6, 6.07) is 13.3. The largest absolute Gasteiger partial charge is 0.493 e. The fourth-order valence-corrected chi connectivity index (χ4v) is 3.55. The van der Waals surface area contributed by atoms with E-state index in [2.05, 4.69) is 10.6 Å². The van der Waals surface area contributed by atoms with Gasteiger partial charge in [-0.3, -0.25) is 0 Å². The number of nitrogens with one attached hydrogen (secondary N) is 2. The van der Waals surface area contributed by atoms with Gasteiger partial charge in [0.25, 0.3) is 0 Å². The smallest absolute Gasteiger partial charge is 0.319 e. The maximum absolute atomic E-state index is 12.4. The van der Waals surface area contributed by atoms with Crippen molar-refractivity contribution in [2.45, 2.75) is 31.4 Å². The van der Waals surface area contributed by atoms with E-state index in [1.165, 1.54) is 0 Å². The minimum atomic E-state index is -0.353. The van der Waals surface area contributed by atoms with Gasteiger partial charge in [-0.15, -0.1) is 0 Å². The number of benzene rings is 2. The molecule has 4 rings (SSSR count). The molecule has 0 aromatic heterocycles. The Kier molecular flexibility index (Phi) is 3.86. The Morgan fingerprint density at radius 2 is 2.00 bits per heavy atom. The van der Waals surface area contributed by atoms with Gasteiger partial charge >= 0.3 is 6.03 Å². The minimum Gasteiger partial charge on any atom is -0.493 e. The van der Waals surface area contributed by atoms with Crippen LogP contribution in [0.1, 0.15) is 29.2 Å². The first-order valence-corrected chi connectivity index (χ1v) is 8.29. The van der Waals surface area contributed by atoms with Gasteiger partial charge in [0.05, 0.1) is 18.8 Å². The molecule has 1 aliphatic carbocycles. The van der Waals surface area contributed by atoms with Crippen molar-refractivity contribution in [3.05, 3.63) is 59.2 Å². The average Bonchev–Trinajstić information content (AvgIpc) is 2.97. The first-order valence-electron chi connectivity index (χ1n) is 8.29. The predicted octanol–water partition coefficient (Wildman–Crippen LogP) is 2.79. The lowest BCUT2D eigenvalue weighted by molar-refractivity contribution is 0.187. The van der Waals surface area contributed by atoms with Crippen LogP contribution in [-0.2, 0) is 12.8 Å². The first kappa shape index (κ1) is 15.0. The molecule has 3 N–H and O–H groups in total. The van der Waals surface area contributed by atoms with Crippen LogP contribution < -0.4 is 15.4 Å². The summed E-state index contributed by atoms with van der Waals surface area (Å²) < 4.78 is 5.63. The maximum atomic E-state index is 12.4. The Labute approximate surface area is 140 Å². The van der Waals surface area contributed by atoms with E-state index in [-0.39, 0.29) is 18.2 Å². The molecular formula is C19H20N2O3. The fourth-order valence-electron chi connectivity index (χ4n) is 3.55. The molecule has 0 spiro atoms. The van der Waals surface area contributed by atoms with E-state index in [4.69, 9.17) is 4.74 Å². The second kappa shape index (κ2) is 6.17. The number of rotatable bonds is 2. The molecule has 2 aromatic carbocycles. The van der Waals surface area contributed by atoms with Crippen LogP contribution in [0.4, 0.5) is 10.5 Å². The molecule has 24 heavy (non-hydrogen) atoms. The number of carbonyl (C=O) groups excluding carboxylic acids is 1. The van der Waals surface area contributed by atoms with Crippen LogP contribution in [0.2, 0.25) is 0 Å². The van der Waals surface area contributed by atoms with Gasteiger partial charge in [-0.2, -0.15) is 0 Å². The van der Waals surface area contributed by atoms with Gasteiger partial charge < -0.3 is 20.5 Å². The van der Waals surface area contributed by atoms with Gasteiger partial charge in [-0.05, 0) is 29.7 Å². The van der Waals surface area contributed by atoms with Crippen LogP contribution >= 0.6 is 0 Å². The average molecular weight is 324 g/mol. The van der Waals surface area contributed by atoms with E-state index in [0.717, 1.165) is 34.5 Å². The molecule has 2 atom stereocenters. The van der Waals surface area contributed by atoms with Crippen molar-refractivity contribution in [2.75, 3.05) is 11.9 Å². The lowest BCUT2D eigenvalue weighted by Gasteiger charge is -2.26. The molecular weight excluding hydrogens is 304 g/mol. The van der Waals surface area contributed by atoms with Crippen molar-refractivity contribution in [2.24, 2.45) is 0 Å². The minimum absolute atomic E-state index is 0.0581. The highest BCUT2D eigenvalue weighted by atomic mass is 16.5. The topological polar surface area (TPSA) is 70.6 Å². The number of hydrogen-bond donors (Lipinski definition) is 3. The Morgan fingerprint density at radius 1 is 1.12 bits per heavy atom. The van der Waals surface area contributed by atoms with E-state index in [9.17, 15) is 9.90 Å². The van der Waals surface area contributed by atoms with Crippen molar-refractivity contribution in [1.82, 2.24) is 5.32 Å². The molecule has 5 nitrogen and oxygen atoms in total. The lowest BCUT2D eigenvalue weighted by Crippen LogP contribution is -2.35. The van der Waals surface area contributed by atoms with Crippen molar-refractivity contribution >= 4 is 11.7 Å². The van der Waals surface area contributed by atoms with Crippen LogP contribution in [0.3, 0.4) is 0 Å². The number of anilines is 1. The first-order chi connectivity index (χ1) is 11.7. The third-order valence-corrected chi connectivity index (χ3v) is 4.68. The highest BCUT2D eigenvalue weighted by Crippen LogP contribution is 2.32. The van der Waals surface area contributed by atoms with E-state index in [1.54, 1.807) is 0 Å². The highest BCUT2D eigenvalue weighted by molar-refractivity contribution is 5.90. The second-order valence-corrected chi connectivity index (χ2v) is 6.33. The van der Waals surface area contributed by atoms with Gasteiger partial charge in [0.2, 0.25) is 0 Å². The molecule has 0 unspecified atom stereocenters. The zero-order valence-electron chi connectivity index (χ0n) is 13.3. The predicted molar refractivity (Wildman–Crippen MR) is 91.3 cm³/mol. The molecule has 1 heterocycles. The van der Waals surface area contributed by atoms with E-state index < -0.39 is 0 Å². The third kappa shape index (κ3) is 2.83. The number of urea groups is 1. The standard InChI is InChI=1S/C19H20N2O3/c22-13-10-12-4-3-6-16(15(12)11-13)20-19(23)21-17-8-9-24-18-7-2-1-5-14(17)18/h1-7,13,17,22H,8-11H2,(H2,20,21,23)/t13-,17-/m1/s1. The maximum Gasteiger partial charge on any atom is 0.319 e. The summed E-state index contributed by atoms with van der Waals surface area (Å²) in [6.07, 6.45) is 1.63. The van der Waals surface area contributed by atoms with Crippen molar-refractivity contribution in [3.8, 4) is 5.75 Å². The van der Waals surface area contributed by atoms with Crippen molar-refractivity contribution in [3.63, 3.8) is 0 Å². The highest BCUT2D eigenvalue weighted by Gasteiger charge is 2.25. The van der Waals surface area contributed by atoms with Crippen LogP contribution in [0.25, 0.3) is 0 Å². The monoisotopic (exact) mass is 324 g/mol. The summed E-state index contributed by atoms with van der Waals surface area (Å²) in [7, 11) is 0. The quantitative estimate of drug-likeness (QED) is 0.795. The molecule has 2 aliphatic rings. The number of amides is 2. The van der Waals surface area contributed by atoms with Crippen LogP contribution in [-0.4, -0.2) is 23.8 Å². The second-order valence-electron chi connectivity index (χ2n) is 6.33. The number of para-hydroxylation sites is 1. The third-order valence-electron chi connectivity index (χ3n) is 4.68. The molecule has 2 amide bonds. The summed E-state index contributed by atoms with van der Waals surface area (Å²) in [6.45, 7) is 0.592. The van der Waals surface area contributed by atoms with Gasteiger partial charge in [0, 0.05) is 24.1 Å². The summed E-state index contributed by atoms with van der Waals surface area (Å²) in [5.74, 6) is 0.831. The number of hydrogen-bond acceptors (Lipinski definition) is 3. The van der Waals surface area contributed by atoms with Gasteiger partial charge in [-0.1, -0.05) is 30.3 Å². The lowest BCUT2D eigenvalue weighted by atomic mass is 10.0. The van der Waals surface area contributed by atoms with Crippen LogP contribution in [0.15, 0.2) is 42.5 Å². The molecule has 124 valence electrons. The Morgan fingerprint density at radius 3 is 2.92 bits per heavy atom. The summed E-state index contributed by atoms with van der Waals surface area (Å²) in [5, 5.41) is 15.8. The van der Waals surface area contributed by atoms with Gasteiger partial charge in [0.1, 0.15) is 5.75 Å². The Hall–Kier alpha value is -2.53. The zero-order chi connectivity index (χ0) is 16.5. The number of ether oxygens (including phenoxy) is 1. The molecule has 5 heteroatoms. The molecule has 0 saturated carbocycles. The molecule has 0 fully saturated rings. The van der Waals surface area contributed by atoms with Crippen LogP contribution in [0.5, 0.6) is 5.75 Å². The fraction of sp³-hybridized carbons (Fsp3) is 0.316. The normalized spacial score (nSPS) is 21.4. The molecule has 0 bridgehead atoms. The molecule has 0 saturated heterocycles. The van der Waals surface area contributed by atoms with E-state index in [0.29, 0.717) is 19.4 Å². The summed E-state index contributed by atoms with van der Waals surface area (Å²) in [4.78, 5) is 12.4. The molecule has 0 radical (unpaired) electrons. The summed E-state index contributed by atoms with van der Waals surface area (Å²) >= 11 is 0. The van der Waals surface area contributed by atoms with Crippen molar-refractivity contribution < 1.29 is 14.6 Å². The zero-order valence-corrected chi connectivity index (χ0v) is 13.3. The van der Waals surface area contributed by atoms with Crippen molar-refractivity contribution in [1.29, 1.82) is 0 Å². The number of fused-ring (bicyclic) bond motifs is 2. The molecule has 2 aromatic rings. The SMILES string of the molecule is O=C(Nc1cccc2c1C[C@H](O)C2)N[C@@H]1CCOc2ccccc21. The Balaban J connectivity index is 1.48. The molecule has 1 aliphatic heterocycles. The number of carbonyl (C=O) groups is 1. The van der Waals surface area contributed by atoms with E-state index >= 15 is 0 Å². The van der Waals surface area contributed by atoms with Gasteiger partial charge in [0.15, 0.2) is 0 Å². The van der Waals surface area contributed by atoms with Crippen LogP contribution in [0, 0.1) is 0 Å². The Bertz CT molecular complexity index is 775. The summed E-state index contributed by atoms with van der Waals surface area (Å²) in [5.41, 5.74) is 3.93. The number of aliphatic hydroxyl groups is 1. The van der Waals surface area contributed by atoms with E-state index in [1.807, 2.05) is 42.5 Å². The van der Waals surface area contributed by atoms with Gasteiger partial charge in [-0.25, -0.2) is 4.79 Å².